The Bertz CT molecular complexity index is 1200. The van der Waals surface area contributed by atoms with Crippen molar-refractivity contribution in [3.8, 4) is 22.1 Å². The molecule has 0 radical (unpaired) electrons. The van der Waals surface area contributed by atoms with Crippen molar-refractivity contribution >= 4 is 32.4 Å². The molecule has 0 spiro atoms. The summed E-state index contributed by atoms with van der Waals surface area (Å²) in [4.78, 5) is 12.7. The number of aromatic nitrogens is 2. The predicted molar refractivity (Wildman–Crippen MR) is 120 cm³/mol. The molecule has 1 aliphatic rings. The van der Waals surface area contributed by atoms with Crippen LogP contribution < -0.4 is 14.8 Å². The largest absolute Gasteiger partial charge is 0.454 e. The van der Waals surface area contributed by atoms with Crippen LogP contribution in [0.4, 0.5) is 5.13 Å². The maximum atomic E-state index is 12.9. The Morgan fingerprint density at radius 3 is 2.66 bits per heavy atom. The second-order valence-corrected chi connectivity index (χ2v) is 9.91. The van der Waals surface area contributed by atoms with Gasteiger partial charge in [-0.3, -0.25) is 4.79 Å². The van der Waals surface area contributed by atoms with Crippen molar-refractivity contribution in [2.45, 2.75) is 24.7 Å². The van der Waals surface area contributed by atoms with Crippen LogP contribution in [-0.2, 0) is 14.8 Å². The molecule has 0 saturated carbocycles. The van der Waals surface area contributed by atoms with Crippen LogP contribution >= 0.6 is 11.3 Å². The molecular weight excluding hydrogens is 452 g/mol. The van der Waals surface area contributed by atoms with Gasteiger partial charge in [-0.2, -0.15) is 4.31 Å². The van der Waals surface area contributed by atoms with E-state index in [9.17, 15) is 13.2 Å². The molecule has 1 aliphatic heterocycles. The first kappa shape index (κ1) is 22.2. The fourth-order valence-corrected chi connectivity index (χ4v) is 5.48. The van der Waals surface area contributed by atoms with Crippen LogP contribution in [0.25, 0.3) is 10.6 Å². The molecule has 1 N–H and O–H groups in total. The third-order valence-corrected chi connectivity index (χ3v) is 7.53. The summed E-state index contributed by atoms with van der Waals surface area (Å²) in [7, 11) is -3.66. The standard InChI is InChI=1S/C21H22N4O5S2/c1-2-11-25(32(27,28)16-6-4-3-5-7-16)12-10-19(26)22-21-24-23-20(31-21)15-8-9-17-18(13-15)30-14-29-17/h3-9,13H,2,10-12,14H2,1H3,(H,22,24,26). The van der Waals surface area contributed by atoms with Crippen LogP contribution in [0.5, 0.6) is 11.5 Å². The number of carbonyl (C=O) groups excluding carboxylic acids is 1. The van der Waals surface area contributed by atoms with Gasteiger partial charge in [0.1, 0.15) is 5.01 Å². The summed E-state index contributed by atoms with van der Waals surface area (Å²) in [6, 6.07) is 13.7. The summed E-state index contributed by atoms with van der Waals surface area (Å²) in [5, 5.41) is 11.8. The summed E-state index contributed by atoms with van der Waals surface area (Å²) >= 11 is 1.22. The number of hydrogen-bond donors (Lipinski definition) is 1. The number of carbonyl (C=O) groups is 1. The molecule has 11 heteroatoms. The summed E-state index contributed by atoms with van der Waals surface area (Å²) in [5.41, 5.74) is 0.801. The fraction of sp³-hybridized carbons (Fsp3) is 0.286. The van der Waals surface area contributed by atoms with E-state index in [0.717, 1.165) is 5.56 Å². The second kappa shape index (κ2) is 9.63. The van der Waals surface area contributed by atoms with E-state index >= 15 is 0 Å². The van der Waals surface area contributed by atoms with Gasteiger partial charge in [0, 0.05) is 25.1 Å². The normalized spacial score (nSPS) is 12.8. The van der Waals surface area contributed by atoms with Crippen LogP contribution in [0.3, 0.4) is 0 Å². The highest BCUT2D eigenvalue weighted by molar-refractivity contribution is 7.89. The van der Waals surface area contributed by atoms with Crippen LogP contribution in [0.1, 0.15) is 19.8 Å². The van der Waals surface area contributed by atoms with Crippen molar-refractivity contribution in [1.82, 2.24) is 14.5 Å². The number of fused-ring (bicyclic) bond motifs is 1. The molecule has 0 saturated heterocycles. The van der Waals surface area contributed by atoms with E-state index in [4.69, 9.17) is 9.47 Å². The van der Waals surface area contributed by atoms with Crippen molar-refractivity contribution in [1.29, 1.82) is 0 Å². The van der Waals surface area contributed by atoms with Crippen LogP contribution in [-0.4, -0.2) is 48.7 Å². The smallest absolute Gasteiger partial charge is 0.243 e. The SMILES string of the molecule is CCCN(CCC(=O)Nc1nnc(-c2ccc3c(c2)OCO3)s1)S(=O)(=O)c1ccccc1. The van der Waals surface area contributed by atoms with Gasteiger partial charge in [-0.15, -0.1) is 10.2 Å². The van der Waals surface area contributed by atoms with Gasteiger partial charge in [-0.25, -0.2) is 8.42 Å². The molecule has 9 nitrogen and oxygen atoms in total. The summed E-state index contributed by atoms with van der Waals surface area (Å²) in [6.45, 7) is 2.49. The number of nitrogens with zero attached hydrogens (tertiary/aromatic N) is 3. The lowest BCUT2D eigenvalue weighted by Gasteiger charge is -2.21. The molecule has 0 bridgehead atoms. The molecule has 1 aromatic heterocycles. The number of anilines is 1. The highest BCUT2D eigenvalue weighted by Crippen LogP contribution is 2.37. The maximum Gasteiger partial charge on any atom is 0.243 e. The van der Waals surface area contributed by atoms with Crippen molar-refractivity contribution in [3.05, 3.63) is 48.5 Å². The topological polar surface area (TPSA) is 111 Å². The minimum atomic E-state index is -3.66. The molecule has 0 unspecified atom stereocenters. The molecule has 4 rings (SSSR count). The van der Waals surface area contributed by atoms with Crippen molar-refractivity contribution in [2.75, 3.05) is 25.2 Å². The zero-order chi connectivity index (χ0) is 22.6. The van der Waals surface area contributed by atoms with E-state index in [-0.39, 0.29) is 30.6 Å². The zero-order valence-electron chi connectivity index (χ0n) is 17.4. The Labute approximate surface area is 190 Å². The molecule has 0 fully saturated rings. The Morgan fingerprint density at radius 1 is 1.09 bits per heavy atom. The first-order valence-corrected chi connectivity index (χ1v) is 12.3. The van der Waals surface area contributed by atoms with Gasteiger partial charge in [0.05, 0.1) is 4.90 Å². The molecular formula is C21H22N4O5S2. The predicted octanol–water partition coefficient (Wildman–Crippen LogP) is 3.36. The number of rotatable bonds is 9. The Kier molecular flexibility index (Phi) is 6.68. The van der Waals surface area contributed by atoms with Gasteiger partial charge in [-0.05, 0) is 36.8 Å². The number of hydrogen-bond acceptors (Lipinski definition) is 8. The number of ether oxygens (including phenoxy) is 2. The summed E-state index contributed by atoms with van der Waals surface area (Å²) in [6.07, 6.45) is 0.647. The minimum absolute atomic E-state index is 0.00496. The average Bonchev–Trinajstić information content (AvgIpc) is 3.46. The zero-order valence-corrected chi connectivity index (χ0v) is 19.0. The lowest BCUT2D eigenvalue weighted by atomic mass is 10.2. The summed E-state index contributed by atoms with van der Waals surface area (Å²) < 4.78 is 37.8. The number of sulfonamides is 1. The molecule has 32 heavy (non-hydrogen) atoms. The van der Waals surface area contributed by atoms with Crippen LogP contribution in [0.2, 0.25) is 0 Å². The van der Waals surface area contributed by atoms with Gasteiger partial charge in [0.15, 0.2) is 11.5 Å². The Morgan fingerprint density at radius 2 is 1.88 bits per heavy atom. The van der Waals surface area contributed by atoms with Gasteiger partial charge in [-0.1, -0.05) is 36.5 Å². The van der Waals surface area contributed by atoms with E-state index in [2.05, 4.69) is 15.5 Å². The Balaban J connectivity index is 1.38. The summed E-state index contributed by atoms with van der Waals surface area (Å²) in [5.74, 6) is 0.982. The van der Waals surface area contributed by atoms with E-state index < -0.39 is 10.0 Å². The number of benzene rings is 2. The minimum Gasteiger partial charge on any atom is -0.454 e. The molecule has 1 amide bonds. The molecule has 2 aromatic carbocycles. The first-order valence-electron chi connectivity index (χ1n) is 10.1. The first-order chi connectivity index (χ1) is 15.5. The maximum absolute atomic E-state index is 12.9. The van der Waals surface area contributed by atoms with Gasteiger partial charge >= 0.3 is 0 Å². The van der Waals surface area contributed by atoms with Gasteiger partial charge in [0.25, 0.3) is 0 Å². The van der Waals surface area contributed by atoms with Gasteiger partial charge in [0.2, 0.25) is 27.9 Å². The van der Waals surface area contributed by atoms with Crippen LogP contribution in [0, 0.1) is 0 Å². The lowest BCUT2D eigenvalue weighted by molar-refractivity contribution is -0.116. The highest BCUT2D eigenvalue weighted by Gasteiger charge is 2.24. The highest BCUT2D eigenvalue weighted by atomic mass is 32.2. The fourth-order valence-electron chi connectivity index (χ4n) is 3.17. The molecule has 168 valence electrons. The average molecular weight is 475 g/mol. The molecule has 0 aliphatic carbocycles. The monoisotopic (exact) mass is 474 g/mol. The van der Waals surface area contributed by atoms with Crippen molar-refractivity contribution < 1.29 is 22.7 Å². The Hall–Kier alpha value is -3.02. The van der Waals surface area contributed by atoms with E-state index in [0.29, 0.717) is 34.6 Å². The van der Waals surface area contributed by atoms with E-state index in [1.807, 2.05) is 19.1 Å². The van der Waals surface area contributed by atoms with E-state index in [1.165, 1.54) is 15.6 Å². The van der Waals surface area contributed by atoms with Crippen molar-refractivity contribution in [2.24, 2.45) is 0 Å². The molecule has 0 atom stereocenters. The molecule has 2 heterocycles. The second-order valence-electron chi connectivity index (χ2n) is 7.00. The number of amides is 1. The van der Waals surface area contributed by atoms with Crippen LogP contribution in [0.15, 0.2) is 53.4 Å². The molecule has 3 aromatic rings. The van der Waals surface area contributed by atoms with E-state index in [1.54, 1.807) is 36.4 Å². The quantitative estimate of drug-likeness (QED) is 0.506. The third-order valence-electron chi connectivity index (χ3n) is 4.73. The lowest BCUT2D eigenvalue weighted by Crippen LogP contribution is -2.34. The third kappa shape index (κ3) is 4.90. The van der Waals surface area contributed by atoms with Crippen molar-refractivity contribution in [3.63, 3.8) is 0 Å². The van der Waals surface area contributed by atoms with Gasteiger partial charge < -0.3 is 14.8 Å². The number of nitrogens with one attached hydrogen (secondary N) is 1.